The van der Waals surface area contributed by atoms with Crippen molar-refractivity contribution in [1.29, 1.82) is 0 Å². The van der Waals surface area contributed by atoms with E-state index < -0.39 is 0 Å². The predicted octanol–water partition coefficient (Wildman–Crippen LogP) is 3.80. The zero-order valence-electron chi connectivity index (χ0n) is 14.8. The third-order valence-electron chi connectivity index (χ3n) is 3.43. The SMILES string of the molecule is COc1cc(C(=O)Nc2ccc(N(C)C)cc2)ccc1OC(C)C. The predicted molar refractivity (Wildman–Crippen MR) is 97.5 cm³/mol. The summed E-state index contributed by atoms with van der Waals surface area (Å²) in [6, 6.07) is 12.8. The average molecular weight is 328 g/mol. The zero-order valence-corrected chi connectivity index (χ0v) is 14.8. The van der Waals surface area contributed by atoms with Gasteiger partial charge in [-0.25, -0.2) is 0 Å². The van der Waals surface area contributed by atoms with E-state index in [-0.39, 0.29) is 12.0 Å². The highest BCUT2D eigenvalue weighted by Crippen LogP contribution is 2.29. The summed E-state index contributed by atoms with van der Waals surface area (Å²) in [4.78, 5) is 14.4. The number of methoxy groups -OCH3 is 1. The molecule has 24 heavy (non-hydrogen) atoms. The van der Waals surface area contributed by atoms with E-state index in [0.29, 0.717) is 17.1 Å². The summed E-state index contributed by atoms with van der Waals surface area (Å²) >= 11 is 0. The van der Waals surface area contributed by atoms with Gasteiger partial charge in [-0.1, -0.05) is 0 Å². The van der Waals surface area contributed by atoms with Crippen LogP contribution in [-0.4, -0.2) is 33.2 Å². The largest absolute Gasteiger partial charge is 0.493 e. The van der Waals surface area contributed by atoms with Gasteiger partial charge in [-0.3, -0.25) is 4.79 Å². The number of rotatable bonds is 6. The smallest absolute Gasteiger partial charge is 0.255 e. The van der Waals surface area contributed by atoms with Crippen LogP contribution in [0.5, 0.6) is 11.5 Å². The molecule has 1 amide bonds. The first-order valence-electron chi connectivity index (χ1n) is 7.84. The van der Waals surface area contributed by atoms with Crippen molar-refractivity contribution in [1.82, 2.24) is 0 Å². The molecule has 0 aliphatic carbocycles. The Balaban J connectivity index is 2.14. The Morgan fingerprint density at radius 3 is 2.25 bits per heavy atom. The molecule has 0 spiro atoms. The Labute approximate surface area is 143 Å². The molecular weight excluding hydrogens is 304 g/mol. The highest BCUT2D eigenvalue weighted by atomic mass is 16.5. The number of hydrogen-bond acceptors (Lipinski definition) is 4. The number of anilines is 2. The molecule has 2 rings (SSSR count). The number of amides is 1. The summed E-state index contributed by atoms with van der Waals surface area (Å²) in [6.07, 6.45) is 0.0359. The summed E-state index contributed by atoms with van der Waals surface area (Å²) in [7, 11) is 5.51. The lowest BCUT2D eigenvalue weighted by atomic mass is 10.1. The van der Waals surface area contributed by atoms with Crippen LogP contribution in [0.3, 0.4) is 0 Å². The maximum absolute atomic E-state index is 12.4. The molecule has 0 aliphatic rings. The van der Waals surface area contributed by atoms with Crippen molar-refractivity contribution in [3.8, 4) is 11.5 Å². The van der Waals surface area contributed by atoms with Gasteiger partial charge < -0.3 is 19.7 Å². The maximum atomic E-state index is 12.4. The molecule has 0 aliphatic heterocycles. The number of benzene rings is 2. The molecule has 1 N–H and O–H groups in total. The van der Waals surface area contributed by atoms with Crippen molar-refractivity contribution in [2.24, 2.45) is 0 Å². The number of carbonyl (C=O) groups is 1. The van der Waals surface area contributed by atoms with Gasteiger partial charge in [0.2, 0.25) is 0 Å². The zero-order chi connectivity index (χ0) is 17.7. The highest BCUT2D eigenvalue weighted by Gasteiger charge is 2.12. The molecule has 0 heterocycles. The van der Waals surface area contributed by atoms with Gasteiger partial charge >= 0.3 is 0 Å². The molecule has 0 fully saturated rings. The fourth-order valence-electron chi connectivity index (χ4n) is 2.21. The lowest BCUT2D eigenvalue weighted by Gasteiger charge is -2.15. The third-order valence-corrected chi connectivity index (χ3v) is 3.43. The first kappa shape index (κ1) is 17.7. The van der Waals surface area contributed by atoms with Crippen molar-refractivity contribution in [2.75, 3.05) is 31.4 Å². The molecule has 2 aromatic rings. The van der Waals surface area contributed by atoms with Crippen molar-refractivity contribution >= 4 is 17.3 Å². The van der Waals surface area contributed by atoms with Crippen LogP contribution in [0, 0.1) is 0 Å². The first-order chi connectivity index (χ1) is 11.4. The van der Waals surface area contributed by atoms with E-state index in [1.54, 1.807) is 25.3 Å². The van der Waals surface area contributed by atoms with Gasteiger partial charge in [-0.15, -0.1) is 0 Å². The molecule has 5 heteroatoms. The van der Waals surface area contributed by atoms with Crippen LogP contribution in [0.15, 0.2) is 42.5 Å². The van der Waals surface area contributed by atoms with Crippen molar-refractivity contribution in [3.63, 3.8) is 0 Å². The van der Waals surface area contributed by atoms with Gasteiger partial charge in [0.1, 0.15) is 0 Å². The Morgan fingerprint density at radius 2 is 1.71 bits per heavy atom. The van der Waals surface area contributed by atoms with E-state index in [2.05, 4.69) is 5.32 Å². The second-order valence-corrected chi connectivity index (χ2v) is 5.93. The van der Waals surface area contributed by atoms with Crippen LogP contribution in [0.25, 0.3) is 0 Å². The Kier molecular flexibility index (Phi) is 5.68. The molecule has 0 unspecified atom stereocenters. The van der Waals surface area contributed by atoms with Gasteiger partial charge in [0.15, 0.2) is 11.5 Å². The van der Waals surface area contributed by atoms with E-state index in [1.807, 2.05) is 57.1 Å². The van der Waals surface area contributed by atoms with Crippen molar-refractivity contribution in [2.45, 2.75) is 20.0 Å². The monoisotopic (exact) mass is 328 g/mol. The quantitative estimate of drug-likeness (QED) is 0.876. The number of hydrogen-bond donors (Lipinski definition) is 1. The van der Waals surface area contributed by atoms with Crippen LogP contribution in [0.1, 0.15) is 24.2 Å². The Hall–Kier alpha value is -2.69. The average Bonchev–Trinajstić information content (AvgIpc) is 2.55. The first-order valence-corrected chi connectivity index (χ1v) is 7.84. The summed E-state index contributed by atoms with van der Waals surface area (Å²) in [5.41, 5.74) is 2.33. The number of nitrogens with one attached hydrogen (secondary N) is 1. The van der Waals surface area contributed by atoms with Gasteiger partial charge in [0.25, 0.3) is 5.91 Å². The van der Waals surface area contributed by atoms with Crippen molar-refractivity contribution < 1.29 is 14.3 Å². The molecule has 0 atom stereocenters. The molecule has 2 aromatic carbocycles. The molecular formula is C19H24N2O3. The van der Waals surface area contributed by atoms with Crippen LogP contribution in [0.4, 0.5) is 11.4 Å². The molecule has 0 saturated carbocycles. The van der Waals surface area contributed by atoms with Crippen LogP contribution in [-0.2, 0) is 0 Å². The Morgan fingerprint density at radius 1 is 1.04 bits per heavy atom. The van der Waals surface area contributed by atoms with Gasteiger partial charge in [0.05, 0.1) is 13.2 Å². The second-order valence-electron chi connectivity index (χ2n) is 5.93. The minimum absolute atomic E-state index is 0.0359. The standard InChI is InChI=1S/C19H24N2O3/c1-13(2)24-17-11-6-14(12-18(17)23-5)19(22)20-15-7-9-16(10-8-15)21(3)4/h6-13H,1-5H3,(H,20,22). The summed E-state index contributed by atoms with van der Waals surface area (Å²) in [5.74, 6) is 0.973. The van der Waals surface area contributed by atoms with Gasteiger partial charge in [0, 0.05) is 31.0 Å². The minimum Gasteiger partial charge on any atom is -0.493 e. The maximum Gasteiger partial charge on any atom is 0.255 e. The van der Waals surface area contributed by atoms with Gasteiger partial charge in [-0.05, 0) is 56.3 Å². The molecule has 0 saturated heterocycles. The second kappa shape index (κ2) is 7.73. The van der Waals surface area contributed by atoms with E-state index in [4.69, 9.17) is 9.47 Å². The van der Waals surface area contributed by atoms with Gasteiger partial charge in [-0.2, -0.15) is 0 Å². The highest BCUT2D eigenvalue weighted by molar-refractivity contribution is 6.04. The normalized spacial score (nSPS) is 10.4. The minimum atomic E-state index is -0.193. The fourth-order valence-corrected chi connectivity index (χ4v) is 2.21. The molecule has 5 nitrogen and oxygen atoms in total. The van der Waals surface area contributed by atoms with Crippen molar-refractivity contribution in [3.05, 3.63) is 48.0 Å². The van der Waals surface area contributed by atoms with Crippen LogP contribution < -0.4 is 19.7 Å². The van der Waals surface area contributed by atoms with E-state index >= 15 is 0 Å². The molecule has 128 valence electrons. The fraction of sp³-hybridized carbons (Fsp3) is 0.316. The topological polar surface area (TPSA) is 50.8 Å². The number of carbonyl (C=O) groups excluding carboxylic acids is 1. The third kappa shape index (κ3) is 4.41. The number of ether oxygens (including phenoxy) is 2. The Bertz CT molecular complexity index is 694. The van der Waals surface area contributed by atoms with E-state index in [1.165, 1.54) is 0 Å². The summed E-state index contributed by atoms with van der Waals surface area (Å²) in [6.45, 7) is 3.88. The lowest BCUT2D eigenvalue weighted by Crippen LogP contribution is -2.13. The molecule has 0 aromatic heterocycles. The van der Waals surface area contributed by atoms with Crippen LogP contribution >= 0.6 is 0 Å². The lowest BCUT2D eigenvalue weighted by molar-refractivity contribution is 0.102. The molecule has 0 radical (unpaired) electrons. The van der Waals surface area contributed by atoms with Crippen LogP contribution in [0.2, 0.25) is 0 Å². The molecule has 0 bridgehead atoms. The van der Waals surface area contributed by atoms with E-state index in [9.17, 15) is 4.79 Å². The summed E-state index contributed by atoms with van der Waals surface area (Å²) < 4.78 is 11.0. The summed E-state index contributed by atoms with van der Waals surface area (Å²) in [5, 5.41) is 2.88. The number of nitrogens with zero attached hydrogens (tertiary/aromatic N) is 1. The van der Waals surface area contributed by atoms with E-state index in [0.717, 1.165) is 11.4 Å².